The number of methoxy groups -OCH3 is 1. The van der Waals surface area contributed by atoms with Crippen LogP contribution in [0, 0.1) is 6.92 Å². The number of nitrogens with one attached hydrogen (secondary N) is 1. The Hall–Kier alpha value is -3.05. The van der Waals surface area contributed by atoms with Gasteiger partial charge in [0.2, 0.25) is 0 Å². The van der Waals surface area contributed by atoms with Crippen LogP contribution in [0.4, 0.5) is 5.69 Å². The Bertz CT molecular complexity index is 1030. The van der Waals surface area contributed by atoms with E-state index in [0.717, 1.165) is 11.1 Å². The molecule has 0 saturated carbocycles. The van der Waals surface area contributed by atoms with E-state index in [9.17, 15) is 9.59 Å². The topological polar surface area (TPSA) is 60.3 Å². The second kappa shape index (κ2) is 8.10. The first-order valence-corrected chi connectivity index (χ1v) is 8.75. The normalized spacial score (nSPS) is 10.5. The van der Waals surface area contributed by atoms with E-state index in [1.165, 1.54) is 16.7 Å². The number of carbonyl (C=O) groups excluding carboxylic acids is 1. The highest BCUT2D eigenvalue weighted by molar-refractivity contribution is 6.30. The molecule has 1 heterocycles. The highest BCUT2D eigenvalue weighted by atomic mass is 35.5. The van der Waals surface area contributed by atoms with Crippen molar-refractivity contribution in [3.05, 3.63) is 92.9 Å². The van der Waals surface area contributed by atoms with Gasteiger partial charge in [-0.05, 0) is 48.4 Å². The smallest absolute Gasteiger partial charge is 0.257 e. The third kappa shape index (κ3) is 4.57. The predicted molar refractivity (Wildman–Crippen MR) is 107 cm³/mol. The maximum absolute atomic E-state index is 12.7. The van der Waals surface area contributed by atoms with E-state index in [2.05, 4.69) is 5.32 Å². The van der Waals surface area contributed by atoms with Crippen molar-refractivity contribution in [1.29, 1.82) is 0 Å². The molecule has 0 spiro atoms. The molecule has 2 aromatic carbocycles. The number of benzene rings is 2. The molecule has 0 saturated heterocycles. The minimum absolute atomic E-state index is 0.186. The third-order valence-electron chi connectivity index (χ3n) is 4.12. The number of rotatable bonds is 5. The van der Waals surface area contributed by atoms with Crippen LogP contribution in [-0.4, -0.2) is 17.6 Å². The Labute approximate surface area is 162 Å². The number of halogens is 1. The van der Waals surface area contributed by atoms with Crippen molar-refractivity contribution in [2.45, 2.75) is 13.5 Å². The van der Waals surface area contributed by atoms with Crippen LogP contribution in [0.25, 0.3) is 0 Å². The fraction of sp³-hybridized carbons (Fsp3) is 0.143. The number of pyridine rings is 1. The summed E-state index contributed by atoms with van der Waals surface area (Å²) in [4.78, 5) is 24.8. The van der Waals surface area contributed by atoms with Gasteiger partial charge in [0, 0.05) is 17.3 Å². The Morgan fingerprint density at radius 3 is 2.56 bits per heavy atom. The largest absolute Gasteiger partial charge is 0.495 e. The van der Waals surface area contributed by atoms with E-state index in [4.69, 9.17) is 16.3 Å². The molecule has 27 heavy (non-hydrogen) atoms. The van der Waals surface area contributed by atoms with E-state index >= 15 is 0 Å². The summed E-state index contributed by atoms with van der Waals surface area (Å²) in [7, 11) is 1.55. The van der Waals surface area contributed by atoms with Crippen LogP contribution >= 0.6 is 11.6 Å². The summed E-state index contributed by atoms with van der Waals surface area (Å²) in [6.45, 7) is 2.28. The first kappa shape index (κ1) is 18.7. The average Bonchev–Trinajstić information content (AvgIpc) is 2.65. The fourth-order valence-corrected chi connectivity index (χ4v) is 2.82. The van der Waals surface area contributed by atoms with Crippen molar-refractivity contribution in [3.8, 4) is 5.75 Å². The molecule has 0 atom stereocenters. The Balaban J connectivity index is 1.85. The van der Waals surface area contributed by atoms with Crippen LogP contribution in [0.2, 0.25) is 5.02 Å². The molecule has 0 unspecified atom stereocenters. The molecule has 0 aliphatic heterocycles. The zero-order chi connectivity index (χ0) is 19.4. The van der Waals surface area contributed by atoms with Crippen molar-refractivity contribution in [1.82, 2.24) is 4.57 Å². The standard InChI is InChI=1S/C21H19ClN2O3/c1-14-3-9-19(27-2)18(11-14)23-21(26)16-6-10-20(25)24(13-16)12-15-4-7-17(22)8-5-15/h3-11,13H,12H2,1-2H3,(H,23,26). The van der Waals surface area contributed by atoms with Crippen LogP contribution in [-0.2, 0) is 6.54 Å². The third-order valence-corrected chi connectivity index (χ3v) is 4.37. The molecule has 6 heteroatoms. The second-order valence-electron chi connectivity index (χ2n) is 6.17. The average molecular weight is 383 g/mol. The SMILES string of the molecule is COc1ccc(C)cc1NC(=O)c1ccc(=O)n(Cc2ccc(Cl)cc2)c1. The number of carbonyl (C=O) groups is 1. The van der Waals surface area contributed by atoms with E-state index < -0.39 is 0 Å². The second-order valence-corrected chi connectivity index (χ2v) is 6.60. The van der Waals surface area contributed by atoms with Crippen LogP contribution in [0.5, 0.6) is 5.75 Å². The van der Waals surface area contributed by atoms with Gasteiger partial charge in [-0.25, -0.2) is 0 Å². The van der Waals surface area contributed by atoms with Crippen molar-refractivity contribution in [2.75, 3.05) is 12.4 Å². The van der Waals surface area contributed by atoms with Gasteiger partial charge in [-0.15, -0.1) is 0 Å². The molecule has 0 fully saturated rings. The lowest BCUT2D eigenvalue weighted by molar-refractivity contribution is 0.102. The lowest BCUT2D eigenvalue weighted by Crippen LogP contribution is -2.22. The summed E-state index contributed by atoms with van der Waals surface area (Å²) in [5, 5.41) is 3.47. The summed E-state index contributed by atoms with van der Waals surface area (Å²) in [5.41, 5.74) is 2.69. The molecule has 1 amide bonds. The van der Waals surface area contributed by atoms with E-state index in [0.29, 0.717) is 28.6 Å². The first-order chi connectivity index (χ1) is 13.0. The lowest BCUT2D eigenvalue weighted by atomic mass is 10.2. The fourth-order valence-electron chi connectivity index (χ4n) is 2.69. The molecule has 3 aromatic rings. The van der Waals surface area contributed by atoms with Crippen LogP contribution in [0.1, 0.15) is 21.5 Å². The summed E-state index contributed by atoms with van der Waals surface area (Å²) in [6.07, 6.45) is 1.55. The van der Waals surface area contributed by atoms with Crippen LogP contribution in [0.3, 0.4) is 0 Å². The molecule has 5 nitrogen and oxygen atoms in total. The molecule has 0 aliphatic carbocycles. The van der Waals surface area contributed by atoms with Gasteiger partial charge < -0.3 is 14.6 Å². The number of aromatic nitrogens is 1. The summed E-state index contributed by atoms with van der Waals surface area (Å²) in [5.74, 6) is 0.257. The molecular formula is C21H19ClN2O3. The van der Waals surface area contributed by atoms with Crippen LogP contribution < -0.4 is 15.6 Å². The van der Waals surface area contributed by atoms with E-state index in [1.807, 2.05) is 31.2 Å². The molecule has 138 valence electrons. The maximum atomic E-state index is 12.7. The van der Waals surface area contributed by atoms with Crippen molar-refractivity contribution < 1.29 is 9.53 Å². The molecular weight excluding hydrogens is 364 g/mol. The minimum Gasteiger partial charge on any atom is -0.495 e. The Kier molecular flexibility index (Phi) is 5.62. The zero-order valence-electron chi connectivity index (χ0n) is 15.0. The minimum atomic E-state index is -0.316. The quantitative estimate of drug-likeness (QED) is 0.722. The van der Waals surface area contributed by atoms with Gasteiger partial charge in [0.05, 0.1) is 24.9 Å². The van der Waals surface area contributed by atoms with Gasteiger partial charge in [0.25, 0.3) is 11.5 Å². The molecule has 0 aliphatic rings. The monoisotopic (exact) mass is 382 g/mol. The molecule has 1 N–H and O–H groups in total. The summed E-state index contributed by atoms with van der Waals surface area (Å²) < 4.78 is 6.78. The molecule has 1 aromatic heterocycles. The zero-order valence-corrected chi connectivity index (χ0v) is 15.8. The van der Waals surface area contributed by atoms with Crippen molar-refractivity contribution >= 4 is 23.2 Å². The van der Waals surface area contributed by atoms with E-state index in [-0.39, 0.29) is 11.5 Å². The van der Waals surface area contributed by atoms with Gasteiger partial charge in [-0.1, -0.05) is 29.8 Å². The Morgan fingerprint density at radius 1 is 1.11 bits per heavy atom. The van der Waals surface area contributed by atoms with Crippen molar-refractivity contribution in [2.24, 2.45) is 0 Å². The first-order valence-electron chi connectivity index (χ1n) is 8.37. The molecule has 0 radical (unpaired) electrons. The summed E-state index contributed by atoms with van der Waals surface area (Å²) >= 11 is 5.89. The number of nitrogens with zero attached hydrogens (tertiary/aromatic N) is 1. The molecule has 0 bridgehead atoms. The number of anilines is 1. The maximum Gasteiger partial charge on any atom is 0.257 e. The highest BCUT2D eigenvalue weighted by Crippen LogP contribution is 2.25. The molecule has 3 rings (SSSR count). The highest BCUT2D eigenvalue weighted by Gasteiger charge is 2.12. The Morgan fingerprint density at radius 2 is 1.85 bits per heavy atom. The van der Waals surface area contributed by atoms with Crippen LogP contribution in [0.15, 0.2) is 65.6 Å². The van der Waals surface area contributed by atoms with Gasteiger partial charge in [-0.2, -0.15) is 0 Å². The van der Waals surface area contributed by atoms with Gasteiger partial charge in [-0.3, -0.25) is 9.59 Å². The van der Waals surface area contributed by atoms with E-state index in [1.54, 1.807) is 31.5 Å². The number of amides is 1. The van der Waals surface area contributed by atoms with Crippen molar-refractivity contribution in [3.63, 3.8) is 0 Å². The van der Waals surface area contributed by atoms with Gasteiger partial charge in [0.1, 0.15) is 5.75 Å². The number of hydrogen-bond donors (Lipinski definition) is 1. The predicted octanol–water partition coefficient (Wildman–Crippen LogP) is 4.12. The van der Waals surface area contributed by atoms with Gasteiger partial charge >= 0.3 is 0 Å². The number of hydrogen-bond acceptors (Lipinski definition) is 3. The van der Waals surface area contributed by atoms with Gasteiger partial charge in [0.15, 0.2) is 0 Å². The summed E-state index contributed by atoms with van der Waals surface area (Å²) in [6, 6.07) is 15.7. The lowest BCUT2D eigenvalue weighted by Gasteiger charge is -2.12. The number of aryl methyl sites for hydroxylation is 1. The number of ether oxygens (including phenoxy) is 1.